The number of hydrogen-bond acceptors (Lipinski definition) is 4. The Hall–Kier alpha value is -2.67. The van der Waals surface area contributed by atoms with Crippen molar-refractivity contribution in [2.75, 3.05) is 6.54 Å². The molecule has 2 atom stereocenters. The number of amides is 1. The number of fused-ring (bicyclic) bond motifs is 1. The highest BCUT2D eigenvalue weighted by Gasteiger charge is 2.32. The van der Waals surface area contributed by atoms with Crippen LogP contribution in [0.4, 0.5) is 0 Å². The second-order valence-electron chi connectivity index (χ2n) is 7.33. The van der Waals surface area contributed by atoms with Crippen LogP contribution in [0.25, 0.3) is 0 Å². The zero-order valence-corrected chi connectivity index (χ0v) is 17.0. The van der Waals surface area contributed by atoms with E-state index in [1.165, 1.54) is 6.07 Å². The zero-order valence-electron chi connectivity index (χ0n) is 16.2. The highest BCUT2D eigenvalue weighted by Crippen LogP contribution is 2.23. The van der Waals surface area contributed by atoms with Crippen molar-refractivity contribution in [3.63, 3.8) is 0 Å². The average Bonchev–Trinajstić information content (AvgIpc) is 2.95. The molecule has 0 saturated heterocycles. The van der Waals surface area contributed by atoms with Gasteiger partial charge in [-0.25, -0.2) is 8.42 Å². The smallest absolute Gasteiger partial charge is 0.263 e. The molecule has 0 bridgehead atoms. The number of nitrogens with one attached hydrogen (secondary N) is 2. The zero-order chi connectivity index (χ0) is 20.3. The molecule has 0 saturated carbocycles. The van der Waals surface area contributed by atoms with E-state index in [4.69, 9.17) is 0 Å². The van der Waals surface area contributed by atoms with E-state index in [2.05, 4.69) is 15.0 Å². The first-order valence-corrected chi connectivity index (χ1v) is 10.8. The third-order valence-corrected chi connectivity index (χ3v) is 6.18. The van der Waals surface area contributed by atoms with Gasteiger partial charge in [0.25, 0.3) is 10.0 Å². The molecule has 0 fully saturated rings. The van der Waals surface area contributed by atoms with Crippen molar-refractivity contribution in [3.8, 4) is 0 Å². The number of sulfonamides is 1. The molecule has 0 radical (unpaired) electrons. The molecule has 2 aromatic rings. The molecule has 1 aliphatic heterocycles. The second kappa shape index (κ2) is 8.14. The quantitative estimate of drug-likeness (QED) is 0.783. The maximum atomic E-state index is 12.8. The molecule has 7 heteroatoms. The van der Waals surface area contributed by atoms with Crippen LogP contribution in [-0.4, -0.2) is 32.7 Å². The van der Waals surface area contributed by atoms with E-state index in [9.17, 15) is 13.2 Å². The maximum absolute atomic E-state index is 12.8. The molecule has 148 valence electrons. The fourth-order valence-electron chi connectivity index (χ4n) is 3.14. The Kier molecular flexibility index (Phi) is 5.84. The lowest BCUT2D eigenvalue weighted by Crippen LogP contribution is -2.40. The topological polar surface area (TPSA) is 87.6 Å². The van der Waals surface area contributed by atoms with Gasteiger partial charge in [-0.1, -0.05) is 63.2 Å². The van der Waals surface area contributed by atoms with Gasteiger partial charge in [0.05, 0.1) is 4.90 Å². The molecule has 2 N–H and O–H groups in total. The van der Waals surface area contributed by atoms with E-state index < -0.39 is 16.1 Å². The lowest BCUT2D eigenvalue weighted by Gasteiger charge is -2.19. The van der Waals surface area contributed by atoms with Gasteiger partial charge in [-0.3, -0.25) is 14.5 Å². The SMILES string of the molecule is CC(CNC(=O)[C@@H](N=C1NS(=O)(=O)c2ccccc21)C(C)C)c1ccccc1. The molecule has 3 rings (SSSR count). The lowest BCUT2D eigenvalue weighted by atomic mass is 10.00. The van der Waals surface area contributed by atoms with Crippen molar-refractivity contribution in [2.45, 2.75) is 37.6 Å². The molecule has 2 aromatic carbocycles. The fourth-order valence-corrected chi connectivity index (χ4v) is 4.38. The number of benzene rings is 2. The van der Waals surface area contributed by atoms with Crippen LogP contribution in [0.3, 0.4) is 0 Å². The molecule has 0 aromatic heterocycles. The molecular weight excluding hydrogens is 374 g/mol. The third kappa shape index (κ3) is 4.25. The molecule has 1 unspecified atom stereocenters. The Morgan fingerprint density at radius 2 is 1.68 bits per heavy atom. The van der Waals surface area contributed by atoms with Crippen LogP contribution in [0.1, 0.15) is 37.8 Å². The summed E-state index contributed by atoms with van der Waals surface area (Å²) in [6.45, 7) is 6.32. The summed E-state index contributed by atoms with van der Waals surface area (Å²) in [6, 6.07) is 15.9. The minimum atomic E-state index is -3.63. The number of carbonyl (C=O) groups excluding carboxylic acids is 1. The minimum Gasteiger partial charge on any atom is -0.354 e. The summed E-state index contributed by atoms with van der Waals surface area (Å²) in [5, 5.41) is 2.96. The fraction of sp³-hybridized carbons (Fsp3) is 0.333. The van der Waals surface area contributed by atoms with Crippen LogP contribution >= 0.6 is 0 Å². The van der Waals surface area contributed by atoms with Gasteiger partial charge in [0.2, 0.25) is 5.91 Å². The Morgan fingerprint density at radius 3 is 2.36 bits per heavy atom. The normalized spacial score (nSPS) is 18.4. The number of carbonyl (C=O) groups is 1. The highest BCUT2D eigenvalue weighted by molar-refractivity contribution is 7.90. The first kappa shape index (κ1) is 20.1. The number of nitrogens with zero attached hydrogens (tertiary/aromatic N) is 1. The van der Waals surface area contributed by atoms with Crippen molar-refractivity contribution in [2.24, 2.45) is 10.9 Å². The van der Waals surface area contributed by atoms with E-state index in [-0.39, 0.29) is 28.5 Å². The summed E-state index contributed by atoms with van der Waals surface area (Å²) in [4.78, 5) is 17.5. The highest BCUT2D eigenvalue weighted by atomic mass is 32.2. The number of aliphatic imine (C=N–C) groups is 1. The first-order chi connectivity index (χ1) is 13.3. The van der Waals surface area contributed by atoms with E-state index in [0.29, 0.717) is 12.1 Å². The molecule has 1 heterocycles. The third-order valence-electron chi connectivity index (χ3n) is 4.78. The summed E-state index contributed by atoms with van der Waals surface area (Å²) in [7, 11) is -3.63. The van der Waals surface area contributed by atoms with Gasteiger partial charge in [0.1, 0.15) is 11.9 Å². The molecule has 1 amide bonds. The molecule has 0 aliphatic carbocycles. The summed E-state index contributed by atoms with van der Waals surface area (Å²) in [6.07, 6.45) is 0. The van der Waals surface area contributed by atoms with Gasteiger partial charge in [0, 0.05) is 12.1 Å². The van der Waals surface area contributed by atoms with Crippen LogP contribution in [0, 0.1) is 5.92 Å². The molecular formula is C21H25N3O3S. The molecule has 28 heavy (non-hydrogen) atoms. The summed E-state index contributed by atoms with van der Waals surface area (Å²) in [5.41, 5.74) is 1.64. The van der Waals surface area contributed by atoms with Crippen molar-refractivity contribution < 1.29 is 13.2 Å². The summed E-state index contributed by atoms with van der Waals surface area (Å²) < 4.78 is 27.0. The van der Waals surface area contributed by atoms with Crippen LogP contribution in [-0.2, 0) is 14.8 Å². The first-order valence-electron chi connectivity index (χ1n) is 9.32. The van der Waals surface area contributed by atoms with Crippen molar-refractivity contribution in [3.05, 3.63) is 65.7 Å². The predicted octanol–water partition coefficient (Wildman–Crippen LogP) is 2.67. The van der Waals surface area contributed by atoms with Crippen molar-refractivity contribution in [1.29, 1.82) is 0 Å². The van der Waals surface area contributed by atoms with Crippen LogP contribution in [0.2, 0.25) is 0 Å². The van der Waals surface area contributed by atoms with Crippen molar-refractivity contribution in [1.82, 2.24) is 10.0 Å². The molecule has 6 nitrogen and oxygen atoms in total. The van der Waals surface area contributed by atoms with Gasteiger partial charge >= 0.3 is 0 Å². The van der Waals surface area contributed by atoms with Crippen LogP contribution in [0.15, 0.2) is 64.5 Å². The predicted molar refractivity (Wildman–Crippen MR) is 110 cm³/mol. The van der Waals surface area contributed by atoms with Crippen LogP contribution in [0.5, 0.6) is 0 Å². The van der Waals surface area contributed by atoms with Crippen LogP contribution < -0.4 is 10.0 Å². The van der Waals surface area contributed by atoms with Crippen molar-refractivity contribution >= 4 is 21.8 Å². The van der Waals surface area contributed by atoms with E-state index in [1.54, 1.807) is 18.2 Å². The summed E-state index contributed by atoms with van der Waals surface area (Å²) >= 11 is 0. The second-order valence-corrected chi connectivity index (χ2v) is 8.98. The Bertz CT molecular complexity index is 985. The van der Waals surface area contributed by atoms with Gasteiger partial charge in [-0.15, -0.1) is 0 Å². The maximum Gasteiger partial charge on any atom is 0.263 e. The number of amidine groups is 1. The Balaban J connectivity index is 1.77. The van der Waals surface area contributed by atoms with Gasteiger partial charge in [0.15, 0.2) is 0 Å². The van der Waals surface area contributed by atoms with E-state index in [0.717, 1.165) is 5.56 Å². The lowest BCUT2D eigenvalue weighted by molar-refractivity contribution is -0.123. The standard InChI is InChI=1S/C21H25N3O3S/c1-14(2)19(21(25)22-13-15(3)16-9-5-4-6-10-16)23-20-17-11-7-8-12-18(17)28(26,27)24-20/h4-12,14-15,19H,13H2,1-3H3,(H,22,25)(H,23,24)/t15?,19-/m0/s1. The van der Waals surface area contributed by atoms with E-state index in [1.807, 2.05) is 51.1 Å². The monoisotopic (exact) mass is 399 g/mol. The Morgan fingerprint density at radius 1 is 1.04 bits per heavy atom. The minimum absolute atomic E-state index is 0.0863. The Labute approximate surface area is 166 Å². The number of hydrogen-bond donors (Lipinski definition) is 2. The van der Waals surface area contributed by atoms with Gasteiger partial charge in [-0.2, -0.15) is 0 Å². The molecule has 0 spiro atoms. The largest absolute Gasteiger partial charge is 0.354 e. The molecule has 1 aliphatic rings. The van der Waals surface area contributed by atoms with Gasteiger partial charge in [-0.05, 0) is 29.5 Å². The number of rotatable bonds is 6. The van der Waals surface area contributed by atoms with Gasteiger partial charge < -0.3 is 5.32 Å². The van der Waals surface area contributed by atoms with E-state index >= 15 is 0 Å². The average molecular weight is 400 g/mol. The summed E-state index contributed by atoms with van der Waals surface area (Å²) in [5.74, 6) is 0.0857.